The first-order valence-corrected chi connectivity index (χ1v) is 7.00. The van der Waals surface area contributed by atoms with Gasteiger partial charge in [-0.2, -0.15) is 0 Å². The largest absolute Gasteiger partial charge is 0.385 e. The summed E-state index contributed by atoms with van der Waals surface area (Å²) in [7, 11) is 0. The van der Waals surface area contributed by atoms with E-state index in [1.54, 1.807) is 12.1 Å². The highest BCUT2D eigenvalue weighted by Crippen LogP contribution is 2.24. The van der Waals surface area contributed by atoms with Gasteiger partial charge in [-0.3, -0.25) is 0 Å². The second-order valence-electron chi connectivity index (χ2n) is 5.28. The number of nitrogens with one attached hydrogen (secondary N) is 2. The molecule has 0 unspecified atom stereocenters. The fraction of sp³-hybridized carbons (Fsp3) is 0.600. The summed E-state index contributed by atoms with van der Waals surface area (Å²) < 4.78 is 25.1. The molecule has 0 aliphatic carbocycles. The highest BCUT2D eigenvalue weighted by atomic mass is 19.3. The predicted molar refractivity (Wildman–Crippen MR) is 74.8 cm³/mol. The average molecular weight is 268 g/mol. The van der Waals surface area contributed by atoms with Gasteiger partial charge < -0.3 is 10.6 Å². The third-order valence-corrected chi connectivity index (χ3v) is 3.83. The van der Waals surface area contributed by atoms with Crippen molar-refractivity contribution in [2.75, 3.05) is 25.0 Å². The molecule has 1 aromatic carbocycles. The standard InChI is InChI=1S/C15H22F2N2/c1-11-10-13(15(16)17)2-3-14(11)19-9-6-12-4-7-18-8-5-12/h2-3,10,12,15,18-19H,4-9H2,1H3. The average Bonchev–Trinajstić information content (AvgIpc) is 2.41. The molecule has 4 heteroatoms. The number of alkyl halides is 2. The second-order valence-corrected chi connectivity index (χ2v) is 5.28. The molecule has 1 fully saturated rings. The number of rotatable bonds is 5. The summed E-state index contributed by atoms with van der Waals surface area (Å²) in [6.45, 7) is 5.03. The molecule has 0 aromatic heterocycles. The van der Waals surface area contributed by atoms with E-state index in [1.807, 2.05) is 6.92 Å². The molecule has 2 N–H and O–H groups in total. The van der Waals surface area contributed by atoms with Crippen molar-refractivity contribution in [3.05, 3.63) is 29.3 Å². The number of benzene rings is 1. The summed E-state index contributed by atoms with van der Waals surface area (Å²) in [4.78, 5) is 0. The van der Waals surface area contributed by atoms with Crippen LogP contribution >= 0.6 is 0 Å². The van der Waals surface area contributed by atoms with Gasteiger partial charge in [-0.1, -0.05) is 6.07 Å². The lowest BCUT2D eigenvalue weighted by molar-refractivity contribution is 0.151. The first kappa shape index (κ1) is 14.3. The summed E-state index contributed by atoms with van der Waals surface area (Å²) >= 11 is 0. The lowest BCUT2D eigenvalue weighted by Crippen LogP contribution is -2.28. The molecule has 1 aromatic rings. The fourth-order valence-corrected chi connectivity index (χ4v) is 2.60. The Morgan fingerprint density at radius 1 is 1.32 bits per heavy atom. The van der Waals surface area contributed by atoms with Gasteiger partial charge in [0.1, 0.15) is 0 Å². The van der Waals surface area contributed by atoms with E-state index in [0.717, 1.165) is 43.2 Å². The lowest BCUT2D eigenvalue weighted by atomic mass is 9.95. The lowest BCUT2D eigenvalue weighted by Gasteiger charge is -2.23. The highest BCUT2D eigenvalue weighted by molar-refractivity contribution is 5.52. The Morgan fingerprint density at radius 2 is 2.05 bits per heavy atom. The third-order valence-electron chi connectivity index (χ3n) is 3.83. The van der Waals surface area contributed by atoms with Crippen LogP contribution in [0.5, 0.6) is 0 Å². The van der Waals surface area contributed by atoms with Crippen molar-refractivity contribution < 1.29 is 8.78 Å². The zero-order valence-corrected chi connectivity index (χ0v) is 11.4. The van der Waals surface area contributed by atoms with Crippen LogP contribution in [-0.4, -0.2) is 19.6 Å². The Hall–Kier alpha value is -1.16. The van der Waals surface area contributed by atoms with Crippen LogP contribution in [0.15, 0.2) is 18.2 Å². The SMILES string of the molecule is Cc1cc(C(F)F)ccc1NCCC1CCNCC1. The van der Waals surface area contributed by atoms with Crippen molar-refractivity contribution in [1.29, 1.82) is 0 Å². The summed E-state index contributed by atoms with van der Waals surface area (Å²) in [5.74, 6) is 0.786. The topological polar surface area (TPSA) is 24.1 Å². The quantitative estimate of drug-likeness (QED) is 0.850. The van der Waals surface area contributed by atoms with E-state index >= 15 is 0 Å². The van der Waals surface area contributed by atoms with E-state index < -0.39 is 6.43 Å². The summed E-state index contributed by atoms with van der Waals surface area (Å²) in [5, 5.41) is 6.72. The molecule has 1 heterocycles. The van der Waals surface area contributed by atoms with Crippen molar-refractivity contribution in [1.82, 2.24) is 5.32 Å². The van der Waals surface area contributed by atoms with Crippen LogP contribution in [0.25, 0.3) is 0 Å². The molecule has 0 atom stereocenters. The number of hydrogen-bond acceptors (Lipinski definition) is 2. The van der Waals surface area contributed by atoms with E-state index in [4.69, 9.17) is 0 Å². The molecule has 2 rings (SSSR count). The molecule has 106 valence electrons. The fourth-order valence-electron chi connectivity index (χ4n) is 2.60. The molecule has 0 radical (unpaired) electrons. The van der Waals surface area contributed by atoms with E-state index in [9.17, 15) is 8.78 Å². The Morgan fingerprint density at radius 3 is 2.68 bits per heavy atom. The third kappa shape index (κ3) is 4.16. The van der Waals surface area contributed by atoms with Crippen molar-refractivity contribution in [2.45, 2.75) is 32.6 Å². The maximum Gasteiger partial charge on any atom is 0.263 e. The van der Waals surface area contributed by atoms with Crippen molar-refractivity contribution >= 4 is 5.69 Å². The Kier molecular flexibility index (Phi) is 5.14. The van der Waals surface area contributed by atoms with E-state index in [1.165, 1.54) is 18.9 Å². The summed E-state index contributed by atoms with van der Waals surface area (Å²) in [6, 6.07) is 4.83. The van der Waals surface area contributed by atoms with Crippen LogP contribution in [-0.2, 0) is 0 Å². The van der Waals surface area contributed by atoms with Crippen LogP contribution < -0.4 is 10.6 Å². The van der Waals surface area contributed by atoms with Gasteiger partial charge in [-0.05, 0) is 62.9 Å². The van der Waals surface area contributed by atoms with Crippen LogP contribution in [0.1, 0.15) is 36.8 Å². The van der Waals surface area contributed by atoms with Gasteiger partial charge in [-0.25, -0.2) is 8.78 Å². The van der Waals surface area contributed by atoms with Gasteiger partial charge in [0.2, 0.25) is 0 Å². The monoisotopic (exact) mass is 268 g/mol. The second kappa shape index (κ2) is 6.85. The van der Waals surface area contributed by atoms with E-state index in [-0.39, 0.29) is 5.56 Å². The summed E-state index contributed by atoms with van der Waals surface area (Å²) in [6.07, 6.45) is 1.25. The van der Waals surface area contributed by atoms with Gasteiger partial charge in [0.25, 0.3) is 6.43 Å². The molecule has 2 nitrogen and oxygen atoms in total. The molecule has 0 saturated carbocycles. The van der Waals surface area contributed by atoms with Gasteiger partial charge in [0.15, 0.2) is 0 Å². The van der Waals surface area contributed by atoms with Crippen LogP contribution in [0, 0.1) is 12.8 Å². The molecule has 0 bridgehead atoms. The van der Waals surface area contributed by atoms with Crippen LogP contribution in [0.3, 0.4) is 0 Å². The predicted octanol–water partition coefficient (Wildman–Crippen LogP) is 3.73. The summed E-state index contributed by atoms with van der Waals surface area (Å²) in [5.41, 5.74) is 1.96. The number of piperidine rings is 1. The number of aryl methyl sites for hydroxylation is 1. The molecule has 1 aliphatic rings. The molecular formula is C15H22F2N2. The first-order chi connectivity index (χ1) is 9.16. The van der Waals surface area contributed by atoms with E-state index in [2.05, 4.69) is 10.6 Å². The minimum absolute atomic E-state index is 0.0985. The molecule has 1 saturated heterocycles. The Balaban J connectivity index is 1.82. The molecular weight excluding hydrogens is 246 g/mol. The molecule has 19 heavy (non-hydrogen) atoms. The number of anilines is 1. The number of halogens is 2. The first-order valence-electron chi connectivity index (χ1n) is 7.00. The normalized spacial score (nSPS) is 16.8. The minimum atomic E-state index is -2.39. The van der Waals surface area contributed by atoms with E-state index in [0.29, 0.717) is 0 Å². The maximum absolute atomic E-state index is 12.5. The minimum Gasteiger partial charge on any atom is -0.385 e. The van der Waals surface area contributed by atoms with Crippen molar-refractivity contribution in [3.8, 4) is 0 Å². The van der Waals surface area contributed by atoms with Gasteiger partial charge in [0.05, 0.1) is 0 Å². The number of hydrogen-bond donors (Lipinski definition) is 2. The van der Waals surface area contributed by atoms with Crippen molar-refractivity contribution in [2.24, 2.45) is 5.92 Å². The van der Waals surface area contributed by atoms with Crippen LogP contribution in [0.2, 0.25) is 0 Å². The maximum atomic E-state index is 12.5. The molecule has 1 aliphatic heterocycles. The highest BCUT2D eigenvalue weighted by Gasteiger charge is 2.13. The molecule has 0 amide bonds. The zero-order valence-electron chi connectivity index (χ0n) is 11.4. The Labute approximate surface area is 113 Å². The molecule has 0 spiro atoms. The van der Waals surface area contributed by atoms with Gasteiger partial charge in [0, 0.05) is 17.8 Å². The Bertz CT molecular complexity index is 401. The van der Waals surface area contributed by atoms with Crippen LogP contribution in [0.4, 0.5) is 14.5 Å². The zero-order chi connectivity index (χ0) is 13.7. The van der Waals surface area contributed by atoms with Gasteiger partial charge in [-0.15, -0.1) is 0 Å². The van der Waals surface area contributed by atoms with Gasteiger partial charge >= 0.3 is 0 Å². The smallest absolute Gasteiger partial charge is 0.263 e. The van der Waals surface area contributed by atoms with Crippen molar-refractivity contribution in [3.63, 3.8) is 0 Å².